The van der Waals surface area contributed by atoms with E-state index in [-0.39, 0.29) is 5.91 Å². The number of hydrogen-bond donors (Lipinski definition) is 0. The molecule has 0 saturated carbocycles. The lowest BCUT2D eigenvalue weighted by Crippen LogP contribution is -2.25. The molecule has 0 aromatic carbocycles. The second kappa shape index (κ2) is 5.45. The molecule has 0 N–H and O–H groups in total. The Balaban J connectivity index is 1.95. The molecule has 1 aliphatic rings. The molecule has 2 heterocycles. The van der Waals surface area contributed by atoms with Gasteiger partial charge in [-0.2, -0.15) is 0 Å². The molecule has 0 aliphatic carbocycles. The van der Waals surface area contributed by atoms with Crippen molar-refractivity contribution >= 4 is 17.5 Å². The van der Waals surface area contributed by atoms with Gasteiger partial charge in [-0.1, -0.05) is 24.9 Å². The van der Waals surface area contributed by atoms with Crippen molar-refractivity contribution in [3.8, 4) is 0 Å². The van der Waals surface area contributed by atoms with Gasteiger partial charge < -0.3 is 4.90 Å². The van der Waals surface area contributed by atoms with Crippen LogP contribution in [-0.4, -0.2) is 27.3 Å². The average molecular weight is 254 g/mol. The largest absolute Gasteiger partial charge is 0.336 e. The third-order valence-electron chi connectivity index (χ3n) is 3.02. The van der Waals surface area contributed by atoms with Gasteiger partial charge in [-0.25, -0.2) is 4.98 Å². The molecule has 5 heteroatoms. The molecule has 1 atom stereocenters. The molecule has 1 fully saturated rings. The second-order valence-electron chi connectivity index (χ2n) is 4.46. The maximum Gasteiger partial charge on any atom is 0.223 e. The van der Waals surface area contributed by atoms with E-state index in [2.05, 4.69) is 16.9 Å². The van der Waals surface area contributed by atoms with E-state index in [4.69, 9.17) is 11.6 Å². The molecule has 0 radical (unpaired) electrons. The minimum absolute atomic E-state index is 0.222. The number of carbonyl (C=O) groups excluding carboxylic acids is 1. The summed E-state index contributed by atoms with van der Waals surface area (Å²) in [5, 5.41) is 0.380. The van der Waals surface area contributed by atoms with Gasteiger partial charge in [0.25, 0.3) is 0 Å². The third kappa shape index (κ3) is 3.16. The molecule has 0 spiro atoms. The van der Waals surface area contributed by atoms with Gasteiger partial charge in [0.15, 0.2) is 0 Å². The molecule has 92 valence electrons. The van der Waals surface area contributed by atoms with E-state index in [0.717, 1.165) is 25.1 Å². The first kappa shape index (κ1) is 12.3. The smallest absolute Gasteiger partial charge is 0.223 e. The summed E-state index contributed by atoms with van der Waals surface area (Å²) in [6.45, 7) is 3.54. The zero-order chi connectivity index (χ0) is 12.3. The van der Waals surface area contributed by atoms with Gasteiger partial charge in [0, 0.05) is 13.0 Å². The number of aromatic nitrogens is 2. The van der Waals surface area contributed by atoms with E-state index >= 15 is 0 Å². The van der Waals surface area contributed by atoms with E-state index in [1.54, 1.807) is 6.20 Å². The zero-order valence-electron chi connectivity index (χ0n) is 9.90. The summed E-state index contributed by atoms with van der Waals surface area (Å²) >= 11 is 5.67. The Labute approximate surface area is 106 Å². The Bertz CT molecular complexity index is 393. The fraction of sp³-hybridized carbons (Fsp3) is 0.583. The number of rotatable bonds is 4. The highest BCUT2D eigenvalue weighted by atomic mass is 35.5. The Kier molecular flexibility index (Phi) is 3.94. The topological polar surface area (TPSA) is 46.1 Å². The van der Waals surface area contributed by atoms with Gasteiger partial charge in [0.1, 0.15) is 5.15 Å². The van der Waals surface area contributed by atoms with E-state index in [1.165, 1.54) is 6.20 Å². The quantitative estimate of drug-likeness (QED) is 0.827. The van der Waals surface area contributed by atoms with Gasteiger partial charge in [0.2, 0.25) is 5.91 Å². The van der Waals surface area contributed by atoms with Gasteiger partial charge in [-0.05, 0) is 12.3 Å². The van der Waals surface area contributed by atoms with Crippen LogP contribution in [0.2, 0.25) is 5.15 Å². The van der Waals surface area contributed by atoms with Crippen LogP contribution in [0.4, 0.5) is 0 Å². The molecule has 1 saturated heterocycles. The second-order valence-corrected chi connectivity index (χ2v) is 4.85. The molecule has 1 aliphatic heterocycles. The van der Waals surface area contributed by atoms with E-state index < -0.39 is 0 Å². The Morgan fingerprint density at radius 3 is 2.94 bits per heavy atom. The van der Waals surface area contributed by atoms with Crippen molar-refractivity contribution in [1.82, 2.24) is 14.9 Å². The predicted molar refractivity (Wildman–Crippen MR) is 65.5 cm³/mol. The minimum Gasteiger partial charge on any atom is -0.336 e. The first-order valence-corrected chi connectivity index (χ1v) is 6.31. The molecular weight excluding hydrogens is 238 g/mol. The highest BCUT2D eigenvalue weighted by molar-refractivity contribution is 6.29. The standard InChI is InChI=1S/C12H16ClN3O/c1-2-3-9-4-12(17)16(7-9)8-10-5-15-11(13)6-14-10/h5-6,9H,2-4,7-8H2,1H3. The van der Waals surface area contributed by atoms with Crippen LogP contribution in [0, 0.1) is 5.92 Å². The number of hydrogen-bond acceptors (Lipinski definition) is 3. The number of amides is 1. The van der Waals surface area contributed by atoms with Crippen LogP contribution in [0.15, 0.2) is 12.4 Å². The van der Waals surface area contributed by atoms with Crippen molar-refractivity contribution in [1.29, 1.82) is 0 Å². The van der Waals surface area contributed by atoms with Crippen molar-refractivity contribution in [3.63, 3.8) is 0 Å². The fourth-order valence-electron chi connectivity index (χ4n) is 2.22. The van der Waals surface area contributed by atoms with E-state index in [1.807, 2.05) is 4.90 Å². The number of halogens is 1. The average Bonchev–Trinajstić information content (AvgIpc) is 2.63. The van der Waals surface area contributed by atoms with Gasteiger partial charge in [-0.15, -0.1) is 0 Å². The number of nitrogens with zero attached hydrogens (tertiary/aromatic N) is 3. The lowest BCUT2D eigenvalue weighted by molar-refractivity contribution is -0.128. The van der Waals surface area contributed by atoms with E-state index in [0.29, 0.717) is 24.0 Å². The Morgan fingerprint density at radius 2 is 2.29 bits per heavy atom. The van der Waals surface area contributed by atoms with Crippen LogP contribution >= 0.6 is 11.6 Å². The summed E-state index contributed by atoms with van der Waals surface area (Å²) < 4.78 is 0. The SMILES string of the molecule is CCCC1CC(=O)N(Cc2cnc(Cl)cn2)C1. The molecule has 1 aromatic rings. The van der Waals surface area contributed by atoms with Crippen LogP contribution in [0.1, 0.15) is 31.9 Å². The molecule has 1 aromatic heterocycles. The van der Waals surface area contributed by atoms with E-state index in [9.17, 15) is 4.79 Å². The summed E-state index contributed by atoms with van der Waals surface area (Å²) in [7, 11) is 0. The first-order chi connectivity index (χ1) is 8.19. The summed E-state index contributed by atoms with van der Waals surface area (Å²) in [5.74, 6) is 0.730. The summed E-state index contributed by atoms with van der Waals surface area (Å²) in [6.07, 6.45) is 6.07. The zero-order valence-corrected chi connectivity index (χ0v) is 10.7. The summed E-state index contributed by atoms with van der Waals surface area (Å²) in [4.78, 5) is 21.8. The van der Waals surface area contributed by atoms with Gasteiger partial charge in [-0.3, -0.25) is 9.78 Å². The van der Waals surface area contributed by atoms with Crippen LogP contribution in [0.5, 0.6) is 0 Å². The van der Waals surface area contributed by atoms with Crippen molar-refractivity contribution in [3.05, 3.63) is 23.2 Å². The molecule has 1 unspecified atom stereocenters. The van der Waals surface area contributed by atoms with Crippen LogP contribution in [0.3, 0.4) is 0 Å². The Morgan fingerprint density at radius 1 is 1.47 bits per heavy atom. The predicted octanol–water partition coefficient (Wildman–Crippen LogP) is 2.28. The summed E-state index contributed by atoms with van der Waals surface area (Å²) in [5.41, 5.74) is 0.792. The molecule has 17 heavy (non-hydrogen) atoms. The number of carbonyl (C=O) groups is 1. The normalized spacial score (nSPS) is 20.0. The third-order valence-corrected chi connectivity index (χ3v) is 3.21. The lowest BCUT2D eigenvalue weighted by atomic mass is 10.0. The van der Waals surface area contributed by atoms with Gasteiger partial charge in [0.05, 0.1) is 24.6 Å². The molecule has 4 nitrogen and oxygen atoms in total. The molecular formula is C12H16ClN3O. The summed E-state index contributed by atoms with van der Waals surface area (Å²) in [6, 6.07) is 0. The molecule has 1 amide bonds. The maximum absolute atomic E-state index is 11.8. The fourth-order valence-corrected chi connectivity index (χ4v) is 2.32. The number of likely N-dealkylation sites (tertiary alicyclic amines) is 1. The van der Waals surface area contributed by atoms with Crippen molar-refractivity contribution in [2.45, 2.75) is 32.7 Å². The maximum atomic E-state index is 11.8. The van der Waals surface area contributed by atoms with Crippen molar-refractivity contribution in [2.75, 3.05) is 6.54 Å². The van der Waals surface area contributed by atoms with Crippen LogP contribution in [-0.2, 0) is 11.3 Å². The molecule has 0 bridgehead atoms. The highest BCUT2D eigenvalue weighted by Crippen LogP contribution is 2.23. The van der Waals surface area contributed by atoms with Crippen LogP contribution in [0.25, 0.3) is 0 Å². The lowest BCUT2D eigenvalue weighted by Gasteiger charge is -2.15. The van der Waals surface area contributed by atoms with Crippen molar-refractivity contribution in [2.24, 2.45) is 5.92 Å². The van der Waals surface area contributed by atoms with Crippen molar-refractivity contribution < 1.29 is 4.79 Å². The first-order valence-electron chi connectivity index (χ1n) is 5.93. The van der Waals surface area contributed by atoms with Crippen LogP contribution < -0.4 is 0 Å². The van der Waals surface area contributed by atoms with Gasteiger partial charge >= 0.3 is 0 Å². The monoisotopic (exact) mass is 253 g/mol. The highest BCUT2D eigenvalue weighted by Gasteiger charge is 2.28. The Hall–Kier alpha value is -1.16. The molecule has 2 rings (SSSR count). The minimum atomic E-state index is 0.222.